The highest BCUT2D eigenvalue weighted by molar-refractivity contribution is 5.83. The molecule has 0 radical (unpaired) electrons. The lowest BCUT2D eigenvalue weighted by atomic mass is 10.1. The molecule has 4 nitrogen and oxygen atoms in total. The van der Waals surface area contributed by atoms with Gasteiger partial charge in [-0.3, -0.25) is 0 Å². The minimum atomic E-state index is 0.0610. The smallest absolute Gasteiger partial charge is 0.110 e. The molecule has 1 atom stereocenters. The Balaban J connectivity index is 2.99. The van der Waals surface area contributed by atoms with Crippen LogP contribution in [0.1, 0.15) is 13.3 Å². The van der Waals surface area contributed by atoms with E-state index in [4.69, 9.17) is 16.4 Å². The summed E-state index contributed by atoms with van der Waals surface area (Å²) >= 11 is 0. The molecule has 0 saturated carbocycles. The van der Waals surface area contributed by atoms with Crippen LogP contribution in [0.3, 0.4) is 0 Å². The first-order valence-electron chi connectivity index (χ1n) is 5.56. The van der Waals surface area contributed by atoms with Gasteiger partial charge in [-0.1, -0.05) is 13.0 Å². The van der Waals surface area contributed by atoms with Crippen molar-refractivity contribution in [2.24, 2.45) is 16.6 Å². The van der Waals surface area contributed by atoms with E-state index in [2.05, 4.69) is 29.8 Å². The van der Waals surface area contributed by atoms with Gasteiger partial charge in [0.25, 0.3) is 0 Å². The van der Waals surface area contributed by atoms with E-state index in [1.807, 2.05) is 18.2 Å². The fourth-order valence-corrected chi connectivity index (χ4v) is 1.31. The fraction of sp³-hybridized carbons (Fsp3) is 0.214. The van der Waals surface area contributed by atoms with Gasteiger partial charge in [-0.2, -0.15) is 5.26 Å². The average Bonchev–Trinajstić information content (AvgIpc) is 2.62. The zero-order chi connectivity index (χ0) is 13.4. The van der Waals surface area contributed by atoms with E-state index in [9.17, 15) is 0 Å². The van der Waals surface area contributed by atoms with Crippen molar-refractivity contribution >= 4 is 12.4 Å². The van der Waals surface area contributed by atoms with Gasteiger partial charge in [0.15, 0.2) is 0 Å². The van der Waals surface area contributed by atoms with Crippen molar-refractivity contribution in [1.82, 2.24) is 0 Å². The molecule has 0 aliphatic carbocycles. The Hall–Kier alpha value is -2.59. The largest absolute Gasteiger partial charge is 0.391 e. The van der Waals surface area contributed by atoms with Crippen LogP contribution in [-0.2, 0) is 0 Å². The van der Waals surface area contributed by atoms with E-state index in [0.717, 1.165) is 12.6 Å². The second-order valence-corrected chi connectivity index (χ2v) is 3.62. The van der Waals surface area contributed by atoms with Crippen molar-refractivity contribution in [2.75, 3.05) is 0 Å². The van der Waals surface area contributed by atoms with Crippen LogP contribution in [0.15, 0.2) is 40.2 Å². The summed E-state index contributed by atoms with van der Waals surface area (Å²) in [6.45, 7) is 2.08. The quantitative estimate of drug-likeness (QED) is 0.437. The van der Waals surface area contributed by atoms with Gasteiger partial charge in [0.1, 0.15) is 23.0 Å². The van der Waals surface area contributed by atoms with Crippen molar-refractivity contribution in [3.05, 3.63) is 35.2 Å². The highest BCUT2D eigenvalue weighted by Gasteiger charge is 2.01. The molecular formula is C14H14N4. The number of hydrogen-bond donors (Lipinski definition) is 2. The molecule has 0 amide bonds. The minimum absolute atomic E-state index is 0.0610. The van der Waals surface area contributed by atoms with Gasteiger partial charge >= 0.3 is 0 Å². The minimum Gasteiger partial charge on any atom is -0.391 e. The summed E-state index contributed by atoms with van der Waals surface area (Å²) in [7, 11) is 0. The first kappa shape index (κ1) is 13.5. The molecule has 0 saturated heterocycles. The van der Waals surface area contributed by atoms with Gasteiger partial charge < -0.3 is 11.1 Å². The molecule has 1 heterocycles. The van der Waals surface area contributed by atoms with Crippen LogP contribution in [0.5, 0.6) is 0 Å². The Morgan fingerprint density at radius 2 is 2.44 bits per heavy atom. The van der Waals surface area contributed by atoms with Gasteiger partial charge in [0.2, 0.25) is 0 Å². The first-order chi connectivity index (χ1) is 8.71. The maximum Gasteiger partial charge on any atom is 0.110 e. The van der Waals surface area contributed by atoms with Crippen molar-refractivity contribution < 1.29 is 0 Å². The van der Waals surface area contributed by atoms with Crippen molar-refractivity contribution in [2.45, 2.75) is 13.3 Å². The average molecular weight is 238 g/mol. The summed E-state index contributed by atoms with van der Waals surface area (Å²) in [5, 5.41) is 15.7. The van der Waals surface area contributed by atoms with Gasteiger partial charge in [0.05, 0.1) is 0 Å². The van der Waals surface area contributed by atoms with Crippen LogP contribution >= 0.6 is 0 Å². The zero-order valence-electron chi connectivity index (χ0n) is 10.1. The van der Waals surface area contributed by atoms with Crippen molar-refractivity contribution in [3.63, 3.8) is 0 Å². The first-order valence-corrected chi connectivity index (χ1v) is 5.56. The van der Waals surface area contributed by atoms with Crippen LogP contribution in [0.25, 0.3) is 0 Å². The molecule has 0 aromatic rings. The summed E-state index contributed by atoms with van der Waals surface area (Å²) in [5.41, 5.74) is 6.37. The van der Waals surface area contributed by atoms with Crippen LogP contribution in [-0.4, -0.2) is 12.4 Å². The third-order valence-corrected chi connectivity index (χ3v) is 2.38. The molecule has 18 heavy (non-hydrogen) atoms. The van der Waals surface area contributed by atoms with Crippen LogP contribution < -0.4 is 5.73 Å². The van der Waals surface area contributed by atoms with Crippen LogP contribution in [0, 0.1) is 34.5 Å². The van der Waals surface area contributed by atoms with Crippen LogP contribution in [0.2, 0.25) is 0 Å². The van der Waals surface area contributed by atoms with E-state index in [0.29, 0.717) is 11.6 Å². The summed E-state index contributed by atoms with van der Waals surface area (Å²) in [5.74, 6) is 5.77. The SMILES string of the molecule is CCC1C=CC=NC(C#C/C(N)=C(/C#N)C=N)=C1. The predicted molar refractivity (Wildman–Crippen MR) is 72.9 cm³/mol. The molecule has 1 unspecified atom stereocenters. The molecule has 1 aliphatic heterocycles. The van der Waals surface area contributed by atoms with E-state index in [1.54, 1.807) is 6.21 Å². The van der Waals surface area contributed by atoms with E-state index < -0.39 is 0 Å². The Bertz CT molecular complexity index is 545. The Labute approximate surface area is 107 Å². The summed E-state index contributed by atoms with van der Waals surface area (Å²) in [4.78, 5) is 4.16. The number of aliphatic imine (C=N–C) groups is 1. The summed E-state index contributed by atoms with van der Waals surface area (Å²) in [6.07, 6.45) is 9.44. The summed E-state index contributed by atoms with van der Waals surface area (Å²) in [6, 6.07) is 1.81. The number of nitrogens with zero attached hydrogens (tertiary/aromatic N) is 2. The molecule has 0 bridgehead atoms. The lowest BCUT2D eigenvalue weighted by Gasteiger charge is -2.00. The lowest BCUT2D eigenvalue weighted by Crippen LogP contribution is -1.99. The van der Waals surface area contributed by atoms with E-state index >= 15 is 0 Å². The molecular weight excluding hydrogens is 224 g/mol. The molecule has 1 aliphatic rings. The Morgan fingerprint density at radius 3 is 3.06 bits per heavy atom. The van der Waals surface area contributed by atoms with Gasteiger partial charge in [-0.15, -0.1) is 0 Å². The molecule has 0 spiro atoms. The van der Waals surface area contributed by atoms with Gasteiger partial charge in [-0.05, 0) is 36.3 Å². The maximum atomic E-state index is 8.70. The van der Waals surface area contributed by atoms with Gasteiger partial charge in [0, 0.05) is 12.4 Å². The number of nitriles is 1. The van der Waals surface area contributed by atoms with Gasteiger partial charge in [-0.25, -0.2) is 4.99 Å². The van der Waals surface area contributed by atoms with Crippen LogP contribution in [0.4, 0.5) is 0 Å². The number of rotatable bonds is 2. The Kier molecular flexibility index (Phi) is 5.15. The fourth-order valence-electron chi connectivity index (χ4n) is 1.31. The third-order valence-electron chi connectivity index (χ3n) is 2.38. The predicted octanol–water partition coefficient (Wildman–Crippen LogP) is 1.93. The second kappa shape index (κ2) is 6.88. The molecule has 90 valence electrons. The maximum absolute atomic E-state index is 8.70. The molecule has 0 aromatic heterocycles. The zero-order valence-corrected chi connectivity index (χ0v) is 10.1. The normalized spacial score (nSPS) is 18.7. The molecule has 3 N–H and O–H groups in total. The molecule has 0 aromatic carbocycles. The topological polar surface area (TPSA) is 86.0 Å². The Morgan fingerprint density at radius 1 is 1.67 bits per heavy atom. The number of nitrogens with two attached hydrogens (primary N) is 1. The number of allylic oxidation sites excluding steroid dienone is 6. The molecule has 4 heteroatoms. The standard InChI is InChI=1S/C14H14N4/c1-2-11-4-3-7-18-13(8-11)5-6-14(17)12(9-15)10-16/h3-4,7-9,11,15H,2,17H2,1H3/b14-12-,15-9?. The number of hydrogen-bond acceptors (Lipinski definition) is 4. The van der Waals surface area contributed by atoms with Crippen molar-refractivity contribution in [1.29, 1.82) is 10.7 Å². The highest BCUT2D eigenvalue weighted by atomic mass is 14.7. The molecule has 0 fully saturated rings. The number of nitrogens with one attached hydrogen (secondary N) is 1. The van der Waals surface area contributed by atoms with Crippen molar-refractivity contribution in [3.8, 4) is 17.9 Å². The second-order valence-electron chi connectivity index (χ2n) is 3.62. The lowest BCUT2D eigenvalue weighted by molar-refractivity contribution is 0.772. The molecule has 1 rings (SSSR count). The monoisotopic (exact) mass is 238 g/mol. The van der Waals surface area contributed by atoms with E-state index in [1.165, 1.54) is 0 Å². The van der Waals surface area contributed by atoms with E-state index in [-0.39, 0.29) is 11.3 Å². The highest BCUT2D eigenvalue weighted by Crippen LogP contribution is 2.12. The summed E-state index contributed by atoms with van der Waals surface area (Å²) < 4.78 is 0. The third kappa shape index (κ3) is 3.77.